The third-order valence-electron chi connectivity index (χ3n) is 4.32. The van der Waals surface area contributed by atoms with Crippen LogP contribution in [-0.2, 0) is 13.2 Å². The van der Waals surface area contributed by atoms with Gasteiger partial charge in [0.2, 0.25) is 0 Å². The fourth-order valence-corrected chi connectivity index (χ4v) is 3.66. The van der Waals surface area contributed by atoms with E-state index in [0.29, 0.717) is 12.6 Å². The van der Waals surface area contributed by atoms with Crippen LogP contribution in [-0.4, -0.2) is 43.2 Å². The van der Waals surface area contributed by atoms with Crippen LogP contribution >= 0.6 is 23.7 Å². The average Bonchev–Trinajstić information content (AvgIpc) is 3.08. The summed E-state index contributed by atoms with van der Waals surface area (Å²) in [7, 11) is 3.71. The van der Waals surface area contributed by atoms with E-state index in [2.05, 4.69) is 15.6 Å². The number of ether oxygens (including phenoxy) is 2. The number of methoxy groups -OCH3 is 1. The zero-order valence-electron chi connectivity index (χ0n) is 14.7. The summed E-state index contributed by atoms with van der Waals surface area (Å²) in [6.45, 7) is 3.70. The number of benzene rings is 1. The zero-order chi connectivity index (χ0) is 16.8. The van der Waals surface area contributed by atoms with E-state index in [1.807, 2.05) is 31.3 Å². The minimum Gasteiger partial charge on any atom is -0.497 e. The molecule has 0 aliphatic carbocycles. The third-order valence-corrected chi connectivity index (χ3v) is 5.19. The molecule has 0 saturated carbocycles. The van der Waals surface area contributed by atoms with Gasteiger partial charge in [0, 0.05) is 24.5 Å². The van der Waals surface area contributed by atoms with E-state index in [1.165, 1.54) is 12.8 Å². The maximum Gasteiger partial charge on any atom is 0.140 e. The first kappa shape index (κ1) is 20.0. The number of hydrogen-bond donors (Lipinski definition) is 1. The molecule has 0 bridgehead atoms. The summed E-state index contributed by atoms with van der Waals surface area (Å²) in [5, 5.41) is 6.55. The zero-order valence-corrected chi connectivity index (χ0v) is 16.4. The second-order valence-corrected chi connectivity index (χ2v) is 7.00. The molecule has 7 heteroatoms. The van der Waals surface area contributed by atoms with E-state index in [0.717, 1.165) is 41.8 Å². The number of hydrogen-bond acceptors (Lipinski definition) is 6. The van der Waals surface area contributed by atoms with Gasteiger partial charge in [-0.2, -0.15) is 0 Å². The second-order valence-electron chi connectivity index (χ2n) is 6.06. The molecule has 0 amide bonds. The Hall–Kier alpha value is -1.34. The van der Waals surface area contributed by atoms with Crippen molar-refractivity contribution in [1.29, 1.82) is 0 Å². The predicted molar refractivity (Wildman–Crippen MR) is 104 cm³/mol. The largest absolute Gasteiger partial charge is 0.497 e. The van der Waals surface area contributed by atoms with Gasteiger partial charge < -0.3 is 14.8 Å². The van der Waals surface area contributed by atoms with Gasteiger partial charge in [-0.15, -0.1) is 23.7 Å². The maximum absolute atomic E-state index is 5.80. The number of rotatable bonds is 7. The number of likely N-dealkylation sites (N-methyl/N-ethyl adjacent to an activating group) is 1. The normalized spacial score (nSPS) is 17.8. The summed E-state index contributed by atoms with van der Waals surface area (Å²) in [6.07, 6.45) is 2.52. The summed E-state index contributed by atoms with van der Waals surface area (Å²) in [4.78, 5) is 7.19. The molecule has 1 unspecified atom stereocenters. The van der Waals surface area contributed by atoms with E-state index < -0.39 is 0 Å². The van der Waals surface area contributed by atoms with Crippen LogP contribution < -0.4 is 14.8 Å². The molecular weight excluding hydrogens is 358 g/mol. The highest BCUT2D eigenvalue weighted by molar-refractivity contribution is 7.09. The van der Waals surface area contributed by atoms with E-state index in [1.54, 1.807) is 18.4 Å². The van der Waals surface area contributed by atoms with Crippen molar-refractivity contribution in [3.63, 3.8) is 0 Å². The van der Waals surface area contributed by atoms with Crippen LogP contribution in [0, 0.1) is 0 Å². The Kier molecular flexibility index (Phi) is 7.96. The number of likely N-dealkylation sites (tertiary alicyclic amines) is 1. The smallest absolute Gasteiger partial charge is 0.140 e. The number of halogens is 1. The Balaban J connectivity index is 0.00000225. The van der Waals surface area contributed by atoms with Crippen LogP contribution in [0.15, 0.2) is 29.6 Å². The summed E-state index contributed by atoms with van der Waals surface area (Å²) in [5.41, 5.74) is 1.14. The van der Waals surface area contributed by atoms with E-state index in [4.69, 9.17) is 14.5 Å². The molecule has 2 heterocycles. The molecule has 1 saturated heterocycles. The quantitative estimate of drug-likeness (QED) is 0.794. The van der Waals surface area contributed by atoms with Gasteiger partial charge in [0.1, 0.15) is 23.1 Å². The highest BCUT2D eigenvalue weighted by Gasteiger charge is 2.19. The van der Waals surface area contributed by atoms with E-state index in [9.17, 15) is 0 Å². The van der Waals surface area contributed by atoms with Gasteiger partial charge >= 0.3 is 0 Å². The summed E-state index contributed by atoms with van der Waals surface area (Å²) < 4.78 is 10.9. The fourth-order valence-electron chi connectivity index (χ4n) is 2.97. The molecule has 1 aromatic heterocycles. The van der Waals surface area contributed by atoms with Crippen molar-refractivity contribution < 1.29 is 9.47 Å². The monoisotopic (exact) mass is 383 g/mol. The molecule has 0 spiro atoms. The van der Waals surface area contributed by atoms with Gasteiger partial charge in [-0.25, -0.2) is 4.98 Å². The standard InChI is InChI=1S/C18H25N3O2S.ClH/c1-19-14-4-3-9-21(10-14)11-15-13-24-18(20-15)12-23-17-7-5-16(22-2)6-8-17;/h5-8,13-14,19H,3-4,9-12H2,1-2H3;1H. The Morgan fingerprint density at radius 3 is 2.76 bits per heavy atom. The fraction of sp³-hybridized carbons (Fsp3) is 0.500. The third kappa shape index (κ3) is 5.85. The molecule has 3 rings (SSSR count). The molecular formula is C18H26ClN3O2S. The average molecular weight is 384 g/mol. The predicted octanol–water partition coefficient (Wildman–Crippen LogP) is 3.34. The Labute approximate surface area is 159 Å². The van der Waals surface area contributed by atoms with E-state index >= 15 is 0 Å². The lowest BCUT2D eigenvalue weighted by atomic mass is 10.1. The summed E-state index contributed by atoms with van der Waals surface area (Å²) >= 11 is 1.67. The van der Waals surface area contributed by atoms with Gasteiger partial charge in [-0.05, 0) is 50.7 Å². The van der Waals surface area contributed by atoms with Crippen molar-refractivity contribution >= 4 is 23.7 Å². The second kappa shape index (κ2) is 9.97. The van der Waals surface area contributed by atoms with Crippen molar-refractivity contribution in [2.45, 2.75) is 32.0 Å². The SMILES string of the molecule is CNC1CCCN(Cc2csc(COc3ccc(OC)cc3)n2)C1.Cl. The Bertz CT molecular complexity index is 636. The van der Waals surface area contributed by atoms with Crippen LogP contribution in [0.25, 0.3) is 0 Å². The highest BCUT2D eigenvalue weighted by atomic mass is 35.5. The van der Waals surface area contributed by atoms with Gasteiger partial charge in [0.05, 0.1) is 12.8 Å². The number of aromatic nitrogens is 1. The molecule has 1 aromatic carbocycles. The van der Waals surface area contributed by atoms with Gasteiger partial charge in [0.15, 0.2) is 0 Å². The number of thiazole rings is 1. The topological polar surface area (TPSA) is 46.6 Å². The molecule has 1 N–H and O–H groups in total. The van der Waals surface area contributed by atoms with Gasteiger partial charge in [-0.3, -0.25) is 4.90 Å². The van der Waals surface area contributed by atoms with Crippen molar-refractivity contribution in [1.82, 2.24) is 15.2 Å². The van der Waals surface area contributed by atoms with Crippen LogP contribution in [0.4, 0.5) is 0 Å². The Morgan fingerprint density at radius 1 is 1.28 bits per heavy atom. The first-order chi connectivity index (χ1) is 11.8. The van der Waals surface area contributed by atoms with E-state index in [-0.39, 0.29) is 12.4 Å². The molecule has 5 nitrogen and oxygen atoms in total. The lowest BCUT2D eigenvalue weighted by Gasteiger charge is -2.31. The molecule has 2 aromatic rings. The molecule has 0 radical (unpaired) electrons. The van der Waals surface area contributed by atoms with Crippen LogP contribution in [0.1, 0.15) is 23.5 Å². The van der Waals surface area contributed by atoms with Gasteiger partial charge in [0.25, 0.3) is 0 Å². The summed E-state index contributed by atoms with van der Waals surface area (Å²) in [5.74, 6) is 1.67. The van der Waals surface area contributed by atoms with Crippen LogP contribution in [0.2, 0.25) is 0 Å². The van der Waals surface area contributed by atoms with Crippen LogP contribution in [0.5, 0.6) is 11.5 Å². The summed E-state index contributed by atoms with van der Waals surface area (Å²) in [6, 6.07) is 8.24. The minimum absolute atomic E-state index is 0. The first-order valence-electron chi connectivity index (χ1n) is 8.36. The molecule has 1 aliphatic heterocycles. The lowest BCUT2D eigenvalue weighted by Crippen LogP contribution is -2.43. The highest BCUT2D eigenvalue weighted by Crippen LogP contribution is 2.20. The maximum atomic E-state index is 5.80. The lowest BCUT2D eigenvalue weighted by molar-refractivity contribution is 0.186. The Morgan fingerprint density at radius 2 is 2.04 bits per heavy atom. The van der Waals surface area contributed by atoms with Crippen molar-refractivity contribution in [3.05, 3.63) is 40.3 Å². The molecule has 25 heavy (non-hydrogen) atoms. The molecule has 1 atom stereocenters. The molecule has 1 aliphatic rings. The number of nitrogens with zero attached hydrogens (tertiary/aromatic N) is 2. The van der Waals surface area contributed by atoms with Gasteiger partial charge in [-0.1, -0.05) is 0 Å². The van der Waals surface area contributed by atoms with Crippen molar-refractivity contribution in [3.8, 4) is 11.5 Å². The number of piperidine rings is 1. The van der Waals surface area contributed by atoms with Crippen molar-refractivity contribution in [2.75, 3.05) is 27.2 Å². The first-order valence-corrected chi connectivity index (χ1v) is 9.24. The van der Waals surface area contributed by atoms with Crippen molar-refractivity contribution in [2.24, 2.45) is 0 Å². The molecule has 138 valence electrons. The van der Waals surface area contributed by atoms with Crippen LogP contribution in [0.3, 0.4) is 0 Å². The number of nitrogens with one attached hydrogen (secondary N) is 1. The molecule has 1 fully saturated rings. The minimum atomic E-state index is 0.